The summed E-state index contributed by atoms with van der Waals surface area (Å²) in [5.74, 6) is 1.22. The second-order valence-electron chi connectivity index (χ2n) is 4.53. The highest BCUT2D eigenvalue weighted by Crippen LogP contribution is 2.34. The molecule has 2 aliphatic rings. The van der Waals surface area contributed by atoms with Crippen LogP contribution in [0.4, 0.5) is 4.79 Å². The first-order chi connectivity index (χ1) is 8.63. The van der Waals surface area contributed by atoms with Crippen molar-refractivity contribution < 1.29 is 9.63 Å². The normalized spacial score (nSPS) is 25.1. The molecule has 2 aliphatic heterocycles. The van der Waals surface area contributed by atoms with Crippen molar-refractivity contribution in [3.63, 3.8) is 0 Å². The number of amidine groups is 2. The Morgan fingerprint density at radius 3 is 3.11 bits per heavy atom. The van der Waals surface area contributed by atoms with Gasteiger partial charge in [0.25, 0.3) is 0 Å². The number of aliphatic imine (C=N–C) groups is 1. The summed E-state index contributed by atoms with van der Waals surface area (Å²) >= 11 is 1.70. The van der Waals surface area contributed by atoms with Gasteiger partial charge in [-0.2, -0.15) is 0 Å². The molecule has 6 nitrogen and oxygen atoms in total. The minimum atomic E-state index is -0.544. The predicted octanol–water partition coefficient (Wildman–Crippen LogP) is 1.49. The molecular formula is C11H18N4O2S. The molecule has 1 fully saturated rings. The highest BCUT2D eigenvalue weighted by Gasteiger charge is 2.39. The minimum absolute atomic E-state index is 0.200. The number of thioether (sulfide) groups is 1. The van der Waals surface area contributed by atoms with E-state index in [1.807, 2.05) is 0 Å². The quantitative estimate of drug-likeness (QED) is 0.610. The molecule has 2 heterocycles. The number of amides is 1. The molecule has 0 saturated carbocycles. The zero-order valence-corrected chi connectivity index (χ0v) is 11.7. The van der Waals surface area contributed by atoms with Gasteiger partial charge in [0.05, 0.1) is 5.25 Å². The Hall–Kier alpha value is -1.24. The molecule has 0 aromatic heterocycles. The Labute approximate surface area is 111 Å². The maximum atomic E-state index is 11.1. The molecule has 0 aliphatic carbocycles. The third-order valence-corrected chi connectivity index (χ3v) is 4.38. The molecule has 0 aromatic carbocycles. The van der Waals surface area contributed by atoms with Crippen LogP contribution in [0.25, 0.3) is 0 Å². The van der Waals surface area contributed by atoms with Gasteiger partial charge in [0.15, 0.2) is 11.0 Å². The van der Waals surface area contributed by atoms with E-state index in [1.54, 1.807) is 11.8 Å². The van der Waals surface area contributed by atoms with E-state index in [9.17, 15) is 4.79 Å². The Morgan fingerprint density at radius 2 is 2.44 bits per heavy atom. The monoisotopic (exact) mass is 270 g/mol. The lowest BCUT2D eigenvalue weighted by Crippen LogP contribution is -2.37. The number of hydrogen-bond acceptors (Lipinski definition) is 5. The summed E-state index contributed by atoms with van der Waals surface area (Å²) in [6, 6.07) is 0. The van der Waals surface area contributed by atoms with E-state index in [1.165, 1.54) is 7.05 Å². The Morgan fingerprint density at radius 1 is 1.67 bits per heavy atom. The minimum Gasteiger partial charge on any atom is -0.323 e. The molecule has 1 saturated heterocycles. The van der Waals surface area contributed by atoms with Crippen molar-refractivity contribution >= 4 is 28.9 Å². The Balaban J connectivity index is 2.19. The van der Waals surface area contributed by atoms with Crippen molar-refractivity contribution in [3.05, 3.63) is 0 Å². The third-order valence-electron chi connectivity index (χ3n) is 2.81. The standard InChI is InChI=1S/C11H18N4O2S/c1-7(2)8-9(14-17-11(16)12-3)15-6-4-5-13-10(15)18-8/h7-8H,4-6H2,1-3H3,(H,12,16). The molecule has 7 heteroatoms. The van der Waals surface area contributed by atoms with E-state index < -0.39 is 6.09 Å². The summed E-state index contributed by atoms with van der Waals surface area (Å²) in [5.41, 5.74) is 0. The number of nitrogens with one attached hydrogen (secondary N) is 1. The molecule has 0 aromatic rings. The van der Waals surface area contributed by atoms with Crippen molar-refractivity contribution in [1.82, 2.24) is 10.2 Å². The zero-order valence-electron chi connectivity index (χ0n) is 10.8. The van der Waals surface area contributed by atoms with E-state index in [0.717, 1.165) is 30.5 Å². The number of carbonyl (C=O) groups excluding carboxylic acids is 1. The maximum absolute atomic E-state index is 11.1. The van der Waals surface area contributed by atoms with E-state index in [4.69, 9.17) is 4.84 Å². The molecular weight excluding hydrogens is 252 g/mol. The molecule has 100 valence electrons. The molecule has 1 N–H and O–H groups in total. The number of carbonyl (C=O) groups is 1. The van der Waals surface area contributed by atoms with Gasteiger partial charge in [0.1, 0.15) is 0 Å². The fourth-order valence-corrected chi connectivity index (χ4v) is 3.14. The van der Waals surface area contributed by atoms with E-state index in [0.29, 0.717) is 5.92 Å². The number of fused-ring (bicyclic) bond motifs is 1. The Bertz CT molecular complexity index is 395. The first-order valence-electron chi connectivity index (χ1n) is 6.08. The molecule has 1 amide bonds. The summed E-state index contributed by atoms with van der Waals surface area (Å²) in [6.45, 7) is 6.02. The second-order valence-corrected chi connectivity index (χ2v) is 5.64. The van der Waals surface area contributed by atoms with Crippen LogP contribution in [-0.4, -0.2) is 47.4 Å². The lowest BCUT2D eigenvalue weighted by Gasteiger charge is -2.22. The van der Waals surface area contributed by atoms with Gasteiger partial charge in [-0.1, -0.05) is 30.8 Å². The first kappa shape index (κ1) is 13.2. The summed E-state index contributed by atoms with van der Waals surface area (Å²) in [5, 5.41) is 7.59. The summed E-state index contributed by atoms with van der Waals surface area (Å²) in [6.07, 6.45) is 0.464. The average molecular weight is 270 g/mol. The van der Waals surface area contributed by atoms with Gasteiger partial charge >= 0.3 is 6.09 Å². The van der Waals surface area contributed by atoms with Gasteiger partial charge in [-0.15, -0.1) is 0 Å². The maximum Gasteiger partial charge on any atom is 0.433 e. The number of oxime groups is 1. The van der Waals surface area contributed by atoms with Gasteiger partial charge < -0.3 is 10.2 Å². The molecule has 1 atom stereocenters. The van der Waals surface area contributed by atoms with Crippen molar-refractivity contribution in [2.75, 3.05) is 20.1 Å². The molecule has 0 spiro atoms. The average Bonchev–Trinajstić information content (AvgIpc) is 2.75. The SMILES string of the molecule is CNC(=O)ON=C1C(C(C)C)SC2=NCCCN21. The van der Waals surface area contributed by atoms with Gasteiger partial charge in [-0.25, -0.2) is 4.79 Å². The van der Waals surface area contributed by atoms with Crippen LogP contribution >= 0.6 is 11.8 Å². The smallest absolute Gasteiger partial charge is 0.323 e. The van der Waals surface area contributed by atoms with Crippen LogP contribution in [0.5, 0.6) is 0 Å². The predicted molar refractivity (Wildman–Crippen MR) is 72.8 cm³/mol. The number of nitrogens with zero attached hydrogens (tertiary/aromatic N) is 3. The fourth-order valence-electron chi connectivity index (χ4n) is 1.89. The van der Waals surface area contributed by atoms with Crippen LogP contribution in [0, 0.1) is 5.92 Å². The van der Waals surface area contributed by atoms with Crippen LogP contribution in [0.1, 0.15) is 20.3 Å². The number of rotatable bonds is 2. The second kappa shape index (κ2) is 5.60. The zero-order chi connectivity index (χ0) is 13.1. The van der Waals surface area contributed by atoms with Crippen LogP contribution in [0.2, 0.25) is 0 Å². The van der Waals surface area contributed by atoms with Gasteiger partial charge in [-0.05, 0) is 12.3 Å². The van der Waals surface area contributed by atoms with Crippen molar-refractivity contribution in [3.8, 4) is 0 Å². The topological polar surface area (TPSA) is 66.3 Å². The first-order valence-corrected chi connectivity index (χ1v) is 6.96. The van der Waals surface area contributed by atoms with E-state index in [2.05, 4.69) is 34.2 Å². The Kier molecular flexibility index (Phi) is 4.11. The lowest BCUT2D eigenvalue weighted by atomic mass is 10.1. The fraction of sp³-hybridized carbons (Fsp3) is 0.727. The van der Waals surface area contributed by atoms with Crippen molar-refractivity contribution in [1.29, 1.82) is 0 Å². The van der Waals surface area contributed by atoms with E-state index in [-0.39, 0.29) is 5.25 Å². The van der Waals surface area contributed by atoms with Crippen molar-refractivity contribution in [2.45, 2.75) is 25.5 Å². The van der Waals surface area contributed by atoms with E-state index >= 15 is 0 Å². The van der Waals surface area contributed by atoms with Gasteiger partial charge in [0.2, 0.25) is 0 Å². The molecule has 2 rings (SSSR count). The number of hydrogen-bond donors (Lipinski definition) is 1. The van der Waals surface area contributed by atoms with Gasteiger partial charge in [0, 0.05) is 20.1 Å². The third kappa shape index (κ3) is 2.60. The van der Waals surface area contributed by atoms with Crippen molar-refractivity contribution in [2.24, 2.45) is 16.1 Å². The lowest BCUT2D eigenvalue weighted by molar-refractivity contribution is 0.151. The summed E-state index contributed by atoms with van der Waals surface area (Å²) in [7, 11) is 1.51. The van der Waals surface area contributed by atoms with Crippen LogP contribution in [-0.2, 0) is 4.84 Å². The molecule has 1 unspecified atom stereocenters. The van der Waals surface area contributed by atoms with Crippen LogP contribution in [0.3, 0.4) is 0 Å². The largest absolute Gasteiger partial charge is 0.433 e. The van der Waals surface area contributed by atoms with Gasteiger partial charge in [-0.3, -0.25) is 9.83 Å². The summed E-state index contributed by atoms with van der Waals surface area (Å²) < 4.78 is 0. The van der Waals surface area contributed by atoms with Crippen LogP contribution < -0.4 is 5.32 Å². The highest BCUT2D eigenvalue weighted by atomic mass is 32.2. The highest BCUT2D eigenvalue weighted by molar-refractivity contribution is 8.15. The molecule has 0 bridgehead atoms. The molecule has 0 radical (unpaired) electrons. The molecule has 18 heavy (non-hydrogen) atoms. The van der Waals surface area contributed by atoms with Crippen LogP contribution in [0.15, 0.2) is 10.1 Å². The summed E-state index contributed by atoms with van der Waals surface area (Å²) in [4.78, 5) is 22.5.